The van der Waals surface area contributed by atoms with Crippen molar-refractivity contribution in [2.75, 3.05) is 0 Å². The molecule has 32 heavy (non-hydrogen) atoms. The number of benzene rings is 3. The summed E-state index contributed by atoms with van der Waals surface area (Å²) < 4.78 is 63.3. The zero-order valence-corrected chi connectivity index (χ0v) is 15.4. The summed E-state index contributed by atoms with van der Waals surface area (Å²) in [6.45, 7) is 0. The Hall–Kier alpha value is -4.55. The first-order valence-electron chi connectivity index (χ1n) is 8.60. The van der Waals surface area contributed by atoms with E-state index in [-0.39, 0.29) is 28.2 Å². The number of non-ortho nitro benzene ring substituents is 2. The molecule has 0 aliphatic rings. The van der Waals surface area contributed by atoms with E-state index in [1.807, 2.05) is 0 Å². The van der Waals surface area contributed by atoms with Crippen molar-refractivity contribution < 1.29 is 32.1 Å². The highest BCUT2D eigenvalue weighted by Crippen LogP contribution is 2.38. The van der Waals surface area contributed by atoms with Crippen LogP contribution in [0, 0.1) is 43.5 Å². The van der Waals surface area contributed by atoms with E-state index in [1.54, 1.807) is 0 Å². The number of rotatable bonds is 5. The van der Waals surface area contributed by atoms with Crippen molar-refractivity contribution in [1.82, 2.24) is 9.97 Å². The quantitative estimate of drug-likeness (QED) is 0.189. The van der Waals surface area contributed by atoms with Gasteiger partial charge in [-0.2, -0.15) is 8.78 Å². The zero-order chi connectivity index (χ0) is 23.2. The largest absolute Gasteiger partial charge is 0.451 e. The van der Waals surface area contributed by atoms with Crippen LogP contribution < -0.4 is 4.74 Å². The molecule has 0 radical (unpaired) electrons. The van der Waals surface area contributed by atoms with Crippen LogP contribution in [0.25, 0.3) is 22.4 Å². The molecular formula is C19H8F4N4O5. The molecule has 1 heterocycles. The fourth-order valence-corrected chi connectivity index (χ4v) is 2.89. The maximum Gasteiger partial charge on any atom is 0.271 e. The van der Waals surface area contributed by atoms with Crippen molar-refractivity contribution in [3.63, 3.8) is 0 Å². The molecule has 4 aromatic rings. The van der Waals surface area contributed by atoms with E-state index in [2.05, 4.69) is 9.97 Å². The van der Waals surface area contributed by atoms with Gasteiger partial charge in [0.15, 0.2) is 11.6 Å². The lowest BCUT2D eigenvalue weighted by Gasteiger charge is -2.11. The number of aromatic nitrogens is 2. The van der Waals surface area contributed by atoms with Crippen LogP contribution in [0.4, 0.5) is 28.9 Å². The number of fused-ring (bicyclic) bond motifs is 1. The molecule has 0 aliphatic carbocycles. The lowest BCUT2D eigenvalue weighted by molar-refractivity contribution is -0.385. The van der Waals surface area contributed by atoms with Gasteiger partial charge in [0.2, 0.25) is 17.4 Å². The Morgan fingerprint density at radius 3 is 1.94 bits per heavy atom. The first-order chi connectivity index (χ1) is 15.2. The lowest BCUT2D eigenvalue weighted by atomic mass is 10.1. The molecule has 0 saturated heterocycles. The molecule has 0 spiro atoms. The van der Waals surface area contributed by atoms with Gasteiger partial charge in [-0.05, 0) is 18.2 Å². The Kier molecular flexibility index (Phi) is 4.92. The number of hydrogen-bond donors (Lipinski definition) is 1. The van der Waals surface area contributed by atoms with Crippen LogP contribution in [-0.4, -0.2) is 19.8 Å². The van der Waals surface area contributed by atoms with E-state index >= 15 is 0 Å². The number of H-pyrrole nitrogens is 1. The van der Waals surface area contributed by atoms with Crippen molar-refractivity contribution in [2.45, 2.75) is 0 Å². The lowest BCUT2D eigenvalue weighted by Crippen LogP contribution is -2.04. The average molecular weight is 448 g/mol. The predicted octanol–water partition coefficient (Wildman–Crippen LogP) is 5.40. The van der Waals surface area contributed by atoms with Crippen LogP contribution in [0.15, 0.2) is 42.5 Å². The molecule has 0 bridgehead atoms. The maximum atomic E-state index is 14.7. The molecule has 3 aromatic carbocycles. The Balaban J connectivity index is 1.78. The Labute approximate surface area is 174 Å². The third-order valence-corrected chi connectivity index (χ3v) is 4.40. The van der Waals surface area contributed by atoms with Crippen LogP contribution in [0.1, 0.15) is 0 Å². The van der Waals surface area contributed by atoms with Gasteiger partial charge in [-0.3, -0.25) is 20.2 Å². The van der Waals surface area contributed by atoms with Gasteiger partial charge < -0.3 is 9.72 Å². The number of nitrogens with zero attached hydrogens (tertiary/aromatic N) is 3. The van der Waals surface area contributed by atoms with E-state index in [1.165, 1.54) is 6.07 Å². The molecule has 0 saturated carbocycles. The molecule has 0 atom stereocenters. The van der Waals surface area contributed by atoms with Gasteiger partial charge in [0.05, 0.1) is 26.4 Å². The maximum absolute atomic E-state index is 14.7. The summed E-state index contributed by atoms with van der Waals surface area (Å²) in [6.07, 6.45) is 0. The number of ether oxygens (including phenoxy) is 1. The summed E-state index contributed by atoms with van der Waals surface area (Å²) in [5.74, 6) is -9.70. The van der Waals surface area contributed by atoms with E-state index in [9.17, 15) is 37.8 Å². The third-order valence-electron chi connectivity index (χ3n) is 4.40. The van der Waals surface area contributed by atoms with E-state index in [0.717, 1.165) is 36.4 Å². The summed E-state index contributed by atoms with van der Waals surface area (Å²) in [5, 5.41) is 21.5. The first kappa shape index (κ1) is 20.7. The minimum atomic E-state index is -1.87. The topological polar surface area (TPSA) is 124 Å². The van der Waals surface area contributed by atoms with Crippen molar-refractivity contribution >= 4 is 22.4 Å². The second-order valence-corrected chi connectivity index (χ2v) is 6.36. The number of nitro benzene ring substituents is 2. The number of aromatic amines is 1. The zero-order valence-electron chi connectivity index (χ0n) is 15.4. The molecule has 0 unspecified atom stereocenters. The van der Waals surface area contributed by atoms with E-state index in [4.69, 9.17) is 4.74 Å². The Morgan fingerprint density at radius 1 is 0.812 bits per heavy atom. The molecule has 0 amide bonds. The molecule has 162 valence electrons. The van der Waals surface area contributed by atoms with Crippen molar-refractivity contribution in [1.29, 1.82) is 0 Å². The Bertz CT molecular complexity index is 1380. The first-order valence-corrected chi connectivity index (χ1v) is 8.60. The number of hydrogen-bond acceptors (Lipinski definition) is 6. The van der Waals surface area contributed by atoms with Crippen molar-refractivity contribution in [2.24, 2.45) is 0 Å². The summed E-state index contributed by atoms with van der Waals surface area (Å²) in [5.41, 5.74) is -1.76. The molecule has 13 heteroatoms. The second kappa shape index (κ2) is 7.61. The molecule has 4 rings (SSSR count). The van der Waals surface area contributed by atoms with Crippen LogP contribution in [0.5, 0.6) is 11.5 Å². The van der Waals surface area contributed by atoms with Gasteiger partial charge >= 0.3 is 0 Å². The number of nitrogens with one attached hydrogen (secondary N) is 1. The average Bonchev–Trinajstić information content (AvgIpc) is 3.18. The highest BCUT2D eigenvalue weighted by molar-refractivity contribution is 5.81. The highest BCUT2D eigenvalue weighted by atomic mass is 19.2. The molecule has 1 N–H and O–H groups in total. The van der Waals surface area contributed by atoms with E-state index < -0.39 is 50.3 Å². The predicted molar refractivity (Wildman–Crippen MR) is 101 cm³/mol. The minimum Gasteiger partial charge on any atom is -0.451 e. The van der Waals surface area contributed by atoms with Crippen molar-refractivity contribution in [3.05, 3.63) is 86.0 Å². The van der Waals surface area contributed by atoms with Gasteiger partial charge in [-0.1, -0.05) is 0 Å². The fourth-order valence-electron chi connectivity index (χ4n) is 2.89. The number of halogens is 4. The standard InChI is InChI=1S/C19H8F4N4O5/c20-14-13(19-24-11-6-3-9(27(30)31)7-12(11)25-19)15(21)17(23)18(16(14)22)32-10-4-1-8(2-5-10)26(28)29/h1-7H,(H,24,25). The molecule has 1 aromatic heterocycles. The Morgan fingerprint density at radius 2 is 1.38 bits per heavy atom. The van der Waals surface area contributed by atoms with Crippen LogP contribution in [-0.2, 0) is 0 Å². The monoisotopic (exact) mass is 448 g/mol. The van der Waals surface area contributed by atoms with Gasteiger partial charge in [0, 0.05) is 24.3 Å². The number of imidazole rings is 1. The molecule has 9 nitrogen and oxygen atoms in total. The molecule has 0 aliphatic heterocycles. The smallest absolute Gasteiger partial charge is 0.271 e. The molecule has 0 fully saturated rings. The van der Waals surface area contributed by atoms with Crippen LogP contribution >= 0.6 is 0 Å². The summed E-state index contributed by atoms with van der Waals surface area (Å²) in [7, 11) is 0. The van der Waals surface area contributed by atoms with Gasteiger partial charge in [-0.25, -0.2) is 13.8 Å². The van der Waals surface area contributed by atoms with Crippen LogP contribution in [0.2, 0.25) is 0 Å². The van der Waals surface area contributed by atoms with Gasteiger partial charge in [0.1, 0.15) is 11.6 Å². The fraction of sp³-hybridized carbons (Fsp3) is 0. The van der Waals surface area contributed by atoms with Crippen molar-refractivity contribution in [3.8, 4) is 22.9 Å². The normalized spacial score (nSPS) is 11.0. The third kappa shape index (κ3) is 3.45. The summed E-state index contributed by atoms with van der Waals surface area (Å²) in [4.78, 5) is 26.3. The highest BCUT2D eigenvalue weighted by Gasteiger charge is 2.30. The van der Waals surface area contributed by atoms with Gasteiger partial charge in [-0.15, -0.1) is 0 Å². The molecular weight excluding hydrogens is 440 g/mol. The van der Waals surface area contributed by atoms with Crippen LogP contribution in [0.3, 0.4) is 0 Å². The van der Waals surface area contributed by atoms with Gasteiger partial charge in [0.25, 0.3) is 11.4 Å². The van der Waals surface area contributed by atoms with E-state index in [0.29, 0.717) is 0 Å². The number of nitro groups is 2. The SMILES string of the molecule is O=[N+]([O-])c1ccc(Oc2c(F)c(F)c(-c3nc4ccc([N+](=O)[O-])cc4[nH]3)c(F)c2F)cc1. The summed E-state index contributed by atoms with van der Waals surface area (Å²) >= 11 is 0. The minimum absolute atomic E-state index is 0.0139. The second-order valence-electron chi connectivity index (χ2n) is 6.36. The summed E-state index contributed by atoms with van der Waals surface area (Å²) in [6, 6.07) is 7.27.